The van der Waals surface area contributed by atoms with Crippen LogP contribution < -0.4 is 0 Å². The van der Waals surface area contributed by atoms with E-state index in [1.807, 2.05) is 147 Å². The normalized spacial score (nSPS) is 14.4. The van der Waals surface area contributed by atoms with Gasteiger partial charge >= 0.3 is 100 Å². The largest absolute Gasteiger partial charge is 1.00 e. The van der Waals surface area contributed by atoms with Crippen molar-refractivity contribution < 1.29 is 84.5 Å². The van der Waals surface area contributed by atoms with Gasteiger partial charge in [0.25, 0.3) is 0 Å². The molecule has 0 atom stereocenters. The van der Waals surface area contributed by atoms with Crippen LogP contribution in [0, 0.1) is 0 Å². The van der Waals surface area contributed by atoms with E-state index in [9.17, 15) is 50.4 Å². The molecule has 0 aliphatic carbocycles. The Bertz CT molecular complexity index is 2160. The van der Waals surface area contributed by atoms with Crippen molar-refractivity contribution >= 4 is 15.6 Å². The molecular weight excluding hydrogens is 1020 g/mol. The van der Waals surface area contributed by atoms with Crippen LogP contribution >= 0.6 is 15.6 Å². The van der Waals surface area contributed by atoms with Crippen molar-refractivity contribution in [2.45, 2.75) is 39.3 Å². The topological polar surface area (TPSA) is 107 Å². The van der Waals surface area contributed by atoms with Crippen molar-refractivity contribution in [1.82, 2.24) is 57.3 Å². The van der Waals surface area contributed by atoms with E-state index in [0.29, 0.717) is 0 Å². The van der Waals surface area contributed by atoms with Gasteiger partial charge in [-0.25, -0.2) is 29.9 Å². The fraction of sp³-hybridized carbons (Fsp3) is 0.167. The van der Waals surface area contributed by atoms with E-state index >= 15 is 0 Å². The van der Waals surface area contributed by atoms with E-state index in [2.05, 4.69) is 57.3 Å². The van der Waals surface area contributed by atoms with Crippen LogP contribution in [0.4, 0.5) is 50.4 Å². The number of benzene rings is 2. The SMILES string of the molecule is F[P-](F)(F)(F)(F)F.F[P-](F)(F)(F)(F)F.[Cu+].[Cu+].c1ccccc1.c1ccccc1.c1cn2c(n1)-c1nccn1CC2.c1cn2c(n1)-c1nccn1CC2.c1cn2c(n1)-c1nccn1CC2. The van der Waals surface area contributed by atoms with Crippen LogP contribution in [-0.4, -0.2) is 57.3 Å². The number of halogens is 12. The molecule has 11 rings (SSSR count). The molecule has 356 valence electrons. The van der Waals surface area contributed by atoms with E-state index in [4.69, 9.17) is 0 Å². The Hall–Kier alpha value is -5.24. The molecule has 8 aromatic rings. The van der Waals surface area contributed by atoms with Crippen molar-refractivity contribution in [2.24, 2.45) is 0 Å². The average Bonchev–Trinajstić information content (AvgIpc) is 4.05. The van der Waals surface area contributed by atoms with Gasteiger partial charge in [-0.3, -0.25) is 0 Å². The van der Waals surface area contributed by atoms with Gasteiger partial charge in [0, 0.05) is 114 Å². The molecule has 12 nitrogen and oxygen atoms in total. The van der Waals surface area contributed by atoms with E-state index in [1.165, 1.54) is 0 Å². The van der Waals surface area contributed by atoms with Gasteiger partial charge in [-0.15, -0.1) is 0 Å². The first-order chi connectivity index (χ1) is 28.7. The van der Waals surface area contributed by atoms with Gasteiger partial charge in [-0.2, -0.15) is 0 Å². The van der Waals surface area contributed by atoms with Crippen LogP contribution in [0.3, 0.4) is 0 Å². The van der Waals surface area contributed by atoms with E-state index in [-0.39, 0.29) is 34.1 Å². The molecule has 0 fully saturated rings. The Morgan fingerprint density at radius 3 is 0.484 bits per heavy atom. The monoisotopic (exact) mass is 1050 g/mol. The summed E-state index contributed by atoms with van der Waals surface area (Å²) < 4.78 is 131. The summed E-state index contributed by atoms with van der Waals surface area (Å²) >= 11 is 0. The predicted molar refractivity (Wildman–Crippen MR) is 210 cm³/mol. The summed E-state index contributed by atoms with van der Waals surface area (Å²) in [5.41, 5.74) is 0. The summed E-state index contributed by atoms with van der Waals surface area (Å²) in [5.74, 6) is 5.87. The Morgan fingerprint density at radius 1 is 0.266 bits per heavy atom. The zero-order valence-electron chi connectivity index (χ0n) is 32.5. The second kappa shape index (κ2) is 19.9. The second-order valence-electron chi connectivity index (χ2n) is 12.9. The Kier molecular flexibility index (Phi) is 16.5. The van der Waals surface area contributed by atoms with Crippen molar-refractivity contribution in [1.29, 1.82) is 0 Å². The minimum Gasteiger partial charge on any atom is -0.327 e. The van der Waals surface area contributed by atoms with Gasteiger partial charge < -0.3 is 27.4 Å². The van der Waals surface area contributed by atoms with Crippen molar-refractivity contribution in [3.8, 4) is 34.9 Å². The number of nitrogens with zero attached hydrogens (tertiary/aromatic N) is 12. The average molecular weight is 1050 g/mol. The smallest absolute Gasteiger partial charge is 0.327 e. The number of hydrogen-bond donors (Lipinski definition) is 0. The fourth-order valence-electron chi connectivity index (χ4n) is 5.59. The van der Waals surface area contributed by atoms with Crippen LogP contribution in [0.1, 0.15) is 0 Å². The van der Waals surface area contributed by atoms with Crippen LogP contribution in [0.5, 0.6) is 0 Å². The third-order valence-corrected chi connectivity index (χ3v) is 7.97. The molecule has 64 heavy (non-hydrogen) atoms. The molecule has 0 amide bonds. The third kappa shape index (κ3) is 20.1. The maximum absolute atomic E-state index is 10.7. The molecule has 28 heteroatoms. The number of aryl methyl sites for hydroxylation is 6. The molecule has 0 N–H and O–H groups in total. The zero-order valence-corrected chi connectivity index (χ0v) is 36.2. The first-order valence-electron chi connectivity index (χ1n) is 18.0. The van der Waals surface area contributed by atoms with E-state index < -0.39 is 15.6 Å². The summed E-state index contributed by atoms with van der Waals surface area (Å²) in [6, 6.07) is 24.0. The summed E-state index contributed by atoms with van der Waals surface area (Å²) in [4.78, 5) is 25.5. The van der Waals surface area contributed by atoms with Gasteiger partial charge in [-0.1, -0.05) is 72.8 Å². The Morgan fingerprint density at radius 2 is 0.375 bits per heavy atom. The number of imidazole rings is 6. The van der Waals surface area contributed by atoms with Gasteiger partial charge in [0.2, 0.25) is 0 Å². The van der Waals surface area contributed by atoms with Crippen molar-refractivity contribution in [2.75, 3.05) is 0 Å². The maximum Gasteiger partial charge on any atom is 1.00 e. The fourth-order valence-corrected chi connectivity index (χ4v) is 5.59. The van der Waals surface area contributed by atoms with Gasteiger partial charge in [0.1, 0.15) is 0 Å². The summed E-state index contributed by atoms with van der Waals surface area (Å²) in [5, 5.41) is 0. The van der Waals surface area contributed by atoms with Crippen LogP contribution in [-0.2, 0) is 73.4 Å². The summed E-state index contributed by atoms with van der Waals surface area (Å²) in [6.07, 6.45) is 22.9. The Balaban J connectivity index is 0.000000202. The molecule has 0 spiro atoms. The quantitative estimate of drug-likeness (QED) is 0.0851. The van der Waals surface area contributed by atoms with Crippen LogP contribution in [0.2, 0.25) is 0 Å². The number of fused-ring (bicyclic) bond motifs is 9. The van der Waals surface area contributed by atoms with Gasteiger partial charge in [0.05, 0.1) is 0 Å². The minimum absolute atomic E-state index is 0. The molecule has 9 heterocycles. The van der Waals surface area contributed by atoms with Crippen LogP contribution in [0.25, 0.3) is 34.9 Å². The molecule has 3 aliphatic heterocycles. The predicted octanol–water partition coefficient (Wildman–Crippen LogP) is 12.4. The molecular formula is C36H36Cu2F12N12P2. The molecule has 2 aromatic carbocycles. The minimum atomic E-state index is -10.7. The molecule has 0 saturated heterocycles. The second-order valence-corrected chi connectivity index (χ2v) is 16.7. The van der Waals surface area contributed by atoms with Crippen LogP contribution in [0.15, 0.2) is 147 Å². The number of rotatable bonds is 0. The molecule has 3 aliphatic rings. The van der Waals surface area contributed by atoms with Crippen molar-refractivity contribution in [3.63, 3.8) is 0 Å². The van der Waals surface area contributed by atoms with Gasteiger partial charge in [0.15, 0.2) is 34.9 Å². The Labute approximate surface area is 377 Å². The molecule has 6 aromatic heterocycles. The number of aromatic nitrogens is 12. The standard InChI is InChI=1S/3C8H8N4.2C6H6.2Cu.2F6P/c3*1-3-11-5-6-12-4-2-10-8(12)7(11)9-1;2*1-2-4-6-5-3-1;;;2*1-7(2,3,4,5)6/h3*1-4H,5-6H2;2*1-6H;;;;/q;;;;;2*+1;2*-1. The maximum atomic E-state index is 9.87. The first kappa shape index (κ1) is 53.1. The zero-order chi connectivity index (χ0) is 45.2. The van der Waals surface area contributed by atoms with E-state index in [1.54, 1.807) is 0 Å². The third-order valence-electron chi connectivity index (χ3n) is 7.97. The molecule has 0 unspecified atom stereocenters. The van der Waals surface area contributed by atoms with Crippen molar-refractivity contribution in [3.05, 3.63) is 147 Å². The molecule has 0 bridgehead atoms. The van der Waals surface area contributed by atoms with E-state index in [0.717, 1.165) is 74.2 Å². The summed E-state index contributed by atoms with van der Waals surface area (Å²) in [6.45, 7) is 5.99. The molecule has 0 saturated carbocycles. The number of hydrogen-bond acceptors (Lipinski definition) is 6. The first-order valence-corrected chi connectivity index (χ1v) is 22.0. The summed E-state index contributed by atoms with van der Waals surface area (Å²) in [7, 11) is -21.3. The molecule has 0 radical (unpaired) electrons. The van der Waals surface area contributed by atoms with Gasteiger partial charge in [-0.05, 0) is 0 Å².